The summed E-state index contributed by atoms with van der Waals surface area (Å²) in [6.07, 6.45) is 6.04. The highest BCUT2D eigenvalue weighted by Gasteiger charge is 2.30. The molecule has 0 aliphatic carbocycles. The standard InChI is InChI=1S/C13H20Cl2N2OS/c1-5-6-11(17-19(18)13(2,3)4)9-7-10(14)12(15)16-8-9/h5,7-8,11-12,16-17H,1,6H2,2-4H3/t11-,12?,19-/m1/s1. The van der Waals surface area contributed by atoms with Gasteiger partial charge >= 0.3 is 0 Å². The van der Waals surface area contributed by atoms with Crippen molar-refractivity contribution in [1.29, 1.82) is 0 Å². The first-order chi connectivity index (χ1) is 8.75. The maximum absolute atomic E-state index is 12.2. The summed E-state index contributed by atoms with van der Waals surface area (Å²) >= 11 is 10.8. The molecule has 0 aromatic heterocycles. The van der Waals surface area contributed by atoms with E-state index in [1.54, 1.807) is 18.4 Å². The molecule has 3 atom stereocenters. The number of dihydropyridines is 1. The minimum atomic E-state index is -1.16. The van der Waals surface area contributed by atoms with Crippen LogP contribution in [0.15, 0.2) is 35.5 Å². The Bertz CT molecular complexity index is 391. The van der Waals surface area contributed by atoms with Gasteiger partial charge in [-0.2, -0.15) is 0 Å². The molecule has 19 heavy (non-hydrogen) atoms. The van der Waals surface area contributed by atoms with Crippen molar-refractivity contribution in [3.8, 4) is 0 Å². The highest BCUT2D eigenvalue weighted by molar-refractivity contribution is 7.90. The molecule has 1 heterocycles. The Kier molecular flexibility index (Phi) is 6.27. The first kappa shape index (κ1) is 16.9. The topological polar surface area (TPSA) is 47.1 Å². The Labute approximate surface area is 128 Å². The van der Waals surface area contributed by atoms with Crippen LogP contribution in [0.5, 0.6) is 0 Å². The highest BCUT2D eigenvalue weighted by Crippen LogP contribution is 2.24. The molecular formula is C13H20Cl2N2OS. The van der Waals surface area contributed by atoms with E-state index in [1.807, 2.05) is 20.8 Å². The van der Waals surface area contributed by atoms with Crippen LogP contribution in [-0.4, -0.2) is 20.8 Å². The van der Waals surface area contributed by atoms with Gasteiger partial charge < -0.3 is 9.87 Å². The van der Waals surface area contributed by atoms with Crippen molar-refractivity contribution in [3.05, 3.63) is 35.5 Å². The second-order valence-electron chi connectivity index (χ2n) is 5.28. The molecule has 0 aromatic rings. The molecule has 1 aliphatic heterocycles. The van der Waals surface area contributed by atoms with Crippen LogP contribution in [-0.2, 0) is 11.4 Å². The van der Waals surface area contributed by atoms with Crippen molar-refractivity contribution in [2.24, 2.45) is 0 Å². The molecule has 1 unspecified atom stereocenters. The van der Waals surface area contributed by atoms with Crippen LogP contribution >= 0.6 is 23.2 Å². The lowest BCUT2D eigenvalue weighted by Gasteiger charge is -2.29. The van der Waals surface area contributed by atoms with Crippen LogP contribution in [0, 0.1) is 0 Å². The Morgan fingerprint density at radius 3 is 2.74 bits per heavy atom. The lowest BCUT2D eigenvalue weighted by atomic mass is 10.0. The lowest BCUT2D eigenvalue weighted by molar-refractivity contribution is 0.532. The normalized spacial score (nSPS) is 22.9. The lowest BCUT2D eigenvalue weighted by Crippen LogP contribution is -2.45. The molecule has 0 saturated heterocycles. The van der Waals surface area contributed by atoms with Crippen molar-refractivity contribution in [1.82, 2.24) is 10.0 Å². The molecule has 3 nitrogen and oxygen atoms in total. The molecule has 1 rings (SSSR count). The third kappa shape index (κ3) is 5.04. The summed E-state index contributed by atoms with van der Waals surface area (Å²) < 4.78 is 15.0. The molecule has 2 N–H and O–H groups in total. The summed E-state index contributed by atoms with van der Waals surface area (Å²) in [4.78, 5) is 0. The van der Waals surface area contributed by atoms with Crippen molar-refractivity contribution >= 4 is 34.6 Å². The van der Waals surface area contributed by atoms with Crippen molar-refractivity contribution in [3.63, 3.8) is 0 Å². The van der Waals surface area contributed by atoms with E-state index < -0.39 is 16.9 Å². The Hall–Kier alpha value is -0.130. The summed E-state index contributed by atoms with van der Waals surface area (Å²) in [5, 5.41) is 3.49. The van der Waals surface area contributed by atoms with E-state index in [0.717, 1.165) is 5.57 Å². The molecule has 108 valence electrons. The van der Waals surface area contributed by atoms with Gasteiger partial charge in [0.25, 0.3) is 0 Å². The summed E-state index contributed by atoms with van der Waals surface area (Å²) in [5.74, 6) is 0. The zero-order valence-electron chi connectivity index (χ0n) is 11.4. The summed E-state index contributed by atoms with van der Waals surface area (Å²) in [6, 6.07) is -0.108. The average Bonchev–Trinajstić information content (AvgIpc) is 2.31. The van der Waals surface area contributed by atoms with E-state index >= 15 is 0 Å². The van der Waals surface area contributed by atoms with Gasteiger partial charge in [-0.05, 0) is 38.8 Å². The van der Waals surface area contributed by atoms with Gasteiger partial charge in [0.1, 0.15) is 10.2 Å². The van der Waals surface area contributed by atoms with Crippen LogP contribution in [0.1, 0.15) is 27.2 Å². The summed E-state index contributed by atoms with van der Waals surface area (Å²) in [7, 11) is 0. The second kappa shape index (κ2) is 7.04. The van der Waals surface area contributed by atoms with Crippen molar-refractivity contribution in [2.45, 2.75) is 43.5 Å². The number of alkyl halides is 1. The number of hydrogen-bond donors (Lipinski definition) is 2. The SMILES string of the molecule is C=CC[C@@H](N[S@+]([O-])C(C)(C)C)C1=CNC(Cl)C(Cl)=C1. The summed E-state index contributed by atoms with van der Waals surface area (Å²) in [6.45, 7) is 9.50. The van der Waals surface area contributed by atoms with E-state index in [2.05, 4.69) is 16.6 Å². The monoisotopic (exact) mass is 322 g/mol. The minimum Gasteiger partial charge on any atom is -0.598 e. The van der Waals surface area contributed by atoms with E-state index in [4.69, 9.17) is 23.2 Å². The predicted octanol–water partition coefficient (Wildman–Crippen LogP) is 3.16. The molecule has 0 radical (unpaired) electrons. The van der Waals surface area contributed by atoms with Gasteiger partial charge in [0.2, 0.25) is 0 Å². The van der Waals surface area contributed by atoms with Crippen LogP contribution in [0.4, 0.5) is 0 Å². The van der Waals surface area contributed by atoms with Gasteiger partial charge in [0, 0.05) is 17.6 Å². The fraction of sp³-hybridized carbons (Fsp3) is 0.538. The van der Waals surface area contributed by atoms with Crippen LogP contribution in [0.2, 0.25) is 0 Å². The second-order valence-corrected chi connectivity index (χ2v) is 8.15. The quantitative estimate of drug-likeness (QED) is 0.354. The first-order valence-corrected chi connectivity index (χ1v) is 7.98. The van der Waals surface area contributed by atoms with Gasteiger partial charge in [-0.3, -0.25) is 0 Å². The van der Waals surface area contributed by atoms with Crippen LogP contribution in [0.3, 0.4) is 0 Å². The van der Waals surface area contributed by atoms with E-state index in [0.29, 0.717) is 11.5 Å². The van der Waals surface area contributed by atoms with Crippen molar-refractivity contribution in [2.75, 3.05) is 0 Å². The largest absolute Gasteiger partial charge is 0.598 e. The molecule has 0 saturated carbocycles. The first-order valence-electron chi connectivity index (χ1n) is 6.02. The van der Waals surface area contributed by atoms with Gasteiger partial charge in [-0.15, -0.1) is 11.3 Å². The van der Waals surface area contributed by atoms with Crippen LogP contribution in [0.25, 0.3) is 0 Å². The molecule has 6 heteroatoms. The number of rotatable bonds is 5. The number of halogens is 2. The molecular weight excluding hydrogens is 303 g/mol. The highest BCUT2D eigenvalue weighted by atomic mass is 35.5. The Morgan fingerprint density at radius 2 is 2.26 bits per heavy atom. The maximum atomic E-state index is 12.2. The van der Waals surface area contributed by atoms with Gasteiger partial charge in [0.05, 0.1) is 11.1 Å². The zero-order valence-corrected chi connectivity index (χ0v) is 13.7. The zero-order chi connectivity index (χ0) is 14.6. The van der Waals surface area contributed by atoms with Crippen LogP contribution < -0.4 is 10.0 Å². The molecule has 0 spiro atoms. The Balaban J connectivity index is 2.82. The van der Waals surface area contributed by atoms with Gasteiger partial charge in [-0.25, -0.2) is 0 Å². The smallest absolute Gasteiger partial charge is 0.137 e. The van der Waals surface area contributed by atoms with Gasteiger partial charge in [-0.1, -0.05) is 29.3 Å². The molecule has 0 aromatic carbocycles. The average molecular weight is 323 g/mol. The molecule has 0 bridgehead atoms. The fourth-order valence-electron chi connectivity index (χ4n) is 1.45. The fourth-order valence-corrected chi connectivity index (χ4v) is 2.61. The number of hydrogen-bond acceptors (Lipinski definition) is 3. The van der Waals surface area contributed by atoms with Gasteiger partial charge in [0.15, 0.2) is 0 Å². The molecule has 0 fully saturated rings. The van der Waals surface area contributed by atoms with Crippen molar-refractivity contribution < 1.29 is 4.55 Å². The minimum absolute atomic E-state index is 0.108. The molecule has 1 aliphatic rings. The third-order valence-electron chi connectivity index (χ3n) is 2.55. The Morgan fingerprint density at radius 1 is 1.63 bits per heavy atom. The molecule has 0 amide bonds. The third-order valence-corrected chi connectivity index (χ3v) is 4.96. The number of nitrogens with one attached hydrogen (secondary N) is 2. The summed E-state index contributed by atoms with van der Waals surface area (Å²) in [5.41, 5.74) is 0.516. The maximum Gasteiger partial charge on any atom is 0.137 e. The van der Waals surface area contributed by atoms with E-state index in [-0.39, 0.29) is 10.8 Å². The van der Waals surface area contributed by atoms with E-state index in [1.165, 1.54) is 0 Å². The predicted molar refractivity (Wildman–Crippen MR) is 84.4 cm³/mol. The van der Waals surface area contributed by atoms with E-state index in [9.17, 15) is 4.55 Å².